The van der Waals surface area contributed by atoms with Crippen LogP contribution in [0.4, 0.5) is 10.1 Å². The van der Waals surface area contributed by atoms with E-state index in [2.05, 4.69) is 0 Å². The van der Waals surface area contributed by atoms with Gasteiger partial charge in [-0.1, -0.05) is 12.1 Å². The fourth-order valence-electron chi connectivity index (χ4n) is 1.86. The molecule has 0 aliphatic rings. The molecular weight excluding hydrogens is 317 g/mol. The number of hydrogen-bond donors (Lipinski definition) is 0. The van der Waals surface area contributed by atoms with E-state index in [0.717, 1.165) is 18.2 Å². The van der Waals surface area contributed by atoms with Crippen LogP contribution in [-0.4, -0.2) is 23.3 Å². The number of hydrogen-bond acceptors (Lipinski definition) is 5. The van der Waals surface area contributed by atoms with Gasteiger partial charge in [-0.05, 0) is 36.4 Å². The Morgan fingerprint density at radius 1 is 1.12 bits per heavy atom. The molecule has 6 nitrogen and oxygen atoms in total. The van der Waals surface area contributed by atoms with Crippen molar-refractivity contribution in [3.05, 3.63) is 81.7 Å². The second-order valence-corrected chi connectivity index (χ2v) is 4.69. The molecular formula is C17H12FNO5. The maximum Gasteiger partial charge on any atom is 0.331 e. The molecule has 0 heterocycles. The Hall–Kier alpha value is -3.35. The Morgan fingerprint density at radius 2 is 1.79 bits per heavy atom. The Kier molecular flexibility index (Phi) is 5.51. The van der Waals surface area contributed by atoms with Crippen molar-refractivity contribution in [3.63, 3.8) is 0 Å². The van der Waals surface area contributed by atoms with Gasteiger partial charge in [0, 0.05) is 17.7 Å². The largest absolute Gasteiger partial charge is 0.454 e. The maximum absolute atomic E-state index is 12.8. The number of rotatable bonds is 6. The van der Waals surface area contributed by atoms with Crippen LogP contribution in [-0.2, 0) is 9.53 Å². The molecule has 24 heavy (non-hydrogen) atoms. The summed E-state index contributed by atoms with van der Waals surface area (Å²) in [7, 11) is 0. The minimum Gasteiger partial charge on any atom is -0.454 e. The van der Waals surface area contributed by atoms with Gasteiger partial charge >= 0.3 is 5.97 Å². The Balaban J connectivity index is 1.95. The molecule has 0 fully saturated rings. The first-order valence-corrected chi connectivity index (χ1v) is 6.84. The number of nitro groups is 1. The van der Waals surface area contributed by atoms with E-state index in [1.54, 1.807) is 6.07 Å². The highest BCUT2D eigenvalue weighted by Gasteiger charge is 2.11. The van der Waals surface area contributed by atoms with E-state index in [1.165, 1.54) is 36.4 Å². The molecule has 0 amide bonds. The summed E-state index contributed by atoms with van der Waals surface area (Å²) in [5, 5.41) is 10.8. The second-order valence-electron chi connectivity index (χ2n) is 4.69. The number of para-hydroxylation sites is 1. The minimum absolute atomic E-state index is 0.149. The van der Waals surface area contributed by atoms with Gasteiger partial charge in [0.1, 0.15) is 5.82 Å². The van der Waals surface area contributed by atoms with Crippen molar-refractivity contribution in [1.82, 2.24) is 0 Å². The standard InChI is InChI=1S/C17H12FNO5/c18-14-8-5-13(6-9-14)16(20)11-24-17(21)10-7-12-3-1-2-4-15(12)19(22)23/h1-10H,11H2/b10-7+. The van der Waals surface area contributed by atoms with Gasteiger partial charge in [-0.15, -0.1) is 0 Å². The summed E-state index contributed by atoms with van der Waals surface area (Å²) >= 11 is 0. The van der Waals surface area contributed by atoms with Crippen molar-refractivity contribution < 1.29 is 23.6 Å². The first-order chi connectivity index (χ1) is 11.5. The average Bonchev–Trinajstić information content (AvgIpc) is 2.58. The van der Waals surface area contributed by atoms with Crippen molar-refractivity contribution in [2.75, 3.05) is 6.61 Å². The van der Waals surface area contributed by atoms with Crippen molar-refractivity contribution in [2.24, 2.45) is 0 Å². The normalized spacial score (nSPS) is 10.5. The number of nitrogens with zero attached hydrogens (tertiary/aromatic N) is 1. The third-order valence-corrected chi connectivity index (χ3v) is 3.04. The summed E-state index contributed by atoms with van der Waals surface area (Å²) in [5.41, 5.74) is 0.306. The molecule has 0 unspecified atom stereocenters. The Morgan fingerprint density at radius 3 is 2.46 bits per heavy atom. The molecule has 0 bridgehead atoms. The molecule has 0 aliphatic heterocycles. The third-order valence-electron chi connectivity index (χ3n) is 3.04. The van der Waals surface area contributed by atoms with Gasteiger partial charge in [-0.2, -0.15) is 0 Å². The van der Waals surface area contributed by atoms with Crippen LogP contribution in [0, 0.1) is 15.9 Å². The summed E-state index contributed by atoms with van der Waals surface area (Å²) in [6, 6.07) is 10.7. The maximum atomic E-state index is 12.8. The van der Waals surface area contributed by atoms with E-state index in [-0.39, 0.29) is 16.8 Å². The number of esters is 1. The molecule has 0 radical (unpaired) electrons. The molecule has 0 saturated carbocycles. The number of halogens is 1. The van der Waals surface area contributed by atoms with Crippen molar-refractivity contribution >= 4 is 23.5 Å². The van der Waals surface area contributed by atoms with E-state index in [0.29, 0.717) is 0 Å². The van der Waals surface area contributed by atoms with Gasteiger partial charge in [0.25, 0.3) is 5.69 Å². The molecule has 0 N–H and O–H groups in total. The highest BCUT2D eigenvalue weighted by molar-refractivity contribution is 5.98. The van der Waals surface area contributed by atoms with Crippen molar-refractivity contribution in [2.45, 2.75) is 0 Å². The van der Waals surface area contributed by atoms with Gasteiger partial charge in [0.05, 0.1) is 10.5 Å². The summed E-state index contributed by atoms with van der Waals surface area (Å²) in [4.78, 5) is 33.6. The Bertz CT molecular complexity index is 799. The summed E-state index contributed by atoms with van der Waals surface area (Å²) < 4.78 is 17.5. The number of ketones is 1. The lowest BCUT2D eigenvalue weighted by Gasteiger charge is -2.02. The highest BCUT2D eigenvalue weighted by Crippen LogP contribution is 2.18. The van der Waals surface area contributed by atoms with Crippen molar-refractivity contribution in [3.8, 4) is 0 Å². The molecule has 0 saturated heterocycles. The summed E-state index contributed by atoms with van der Waals surface area (Å²) in [6.45, 7) is -0.508. The molecule has 0 aliphatic carbocycles. The number of benzene rings is 2. The number of carbonyl (C=O) groups is 2. The van der Waals surface area contributed by atoms with Crippen LogP contribution in [0.2, 0.25) is 0 Å². The molecule has 122 valence electrons. The molecule has 2 aromatic rings. The van der Waals surface area contributed by atoms with Gasteiger partial charge < -0.3 is 4.74 Å². The van der Waals surface area contributed by atoms with Crippen molar-refractivity contribution in [1.29, 1.82) is 0 Å². The number of Topliss-reactive ketones (excluding diaryl/α,β-unsaturated/α-hetero) is 1. The van der Waals surface area contributed by atoms with Crippen LogP contribution in [0.15, 0.2) is 54.6 Å². The van der Waals surface area contributed by atoms with Gasteiger partial charge in [-0.3, -0.25) is 14.9 Å². The van der Waals surface area contributed by atoms with E-state index < -0.39 is 29.1 Å². The summed E-state index contributed by atoms with van der Waals surface area (Å²) in [6.07, 6.45) is 2.24. The first-order valence-electron chi connectivity index (χ1n) is 6.84. The Labute approximate surface area is 136 Å². The van der Waals surface area contributed by atoms with Crippen LogP contribution in [0.25, 0.3) is 6.08 Å². The fourth-order valence-corrected chi connectivity index (χ4v) is 1.86. The van der Waals surface area contributed by atoms with Crippen LogP contribution in [0.5, 0.6) is 0 Å². The minimum atomic E-state index is -0.816. The number of nitro benzene ring substituents is 1. The predicted octanol–water partition coefficient (Wildman–Crippen LogP) is 3.17. The average molecular weight is 329 g/mol. The second kappa shape index (κ2) is 7.77. The monoisotopic (exact) mass is 329 g/mol. The molecule has 0 atom stereocenters. The zero-order chi connectivity index (χ0) is 17.5. The van der Waals surface area contributed by atoms with Crippen LogP contribution in [0.3, 0.4) is 0 Å². The summed E-state index contributed by atoms with van der Waals surface area (Å²) in [5.74, 6) is -1.78. The lowest BCUT2D eigenvalue weighted by Crippen LogP contribution is -2.12. The molecule has 0 spiro atoms. The van der Waals surface area contributed by atoms with Gasteiger partial charge in [0.2, 0.25) is 0 Å². The van der Waals surface area contributed by atoms with Crippen LogP contribution >= 0.6 is 0 Å². The van der Waals surface area contributed by atoms with Gasteiger partial charge in [-0.25, -0.2) is 9.18 Å². The molecule has 0 aromatic heterocycles. The molecule has 7 heteroatoms. The highest BCUT2D eigenvalue weighted by atomic mass is 19.1. The lowest BCUT2D eigenvalue weighted by atomic mass is 10.1. The van der Waals surface area contributed by atoms with E-state index in [1.807, 2.05) is 0 Å². The zero-order valence-electron chi connectivity index (χ0n) is 12.3. The quantitative estimate of drug-likeness (QED) is 0.267. The number of ether oxygens (including phenoxy) is 1. The fraction of sp³-hybridized carbons (Fsp3) is 0.0588. The lowest BCUT2D eigenvalue weighted by molar-refractivity contribution is -0.385. The van der Waals surface area contributed by atoms with E-state index in [9.17, 15) is 24.1 Å². The smallest absolute Gasteiger partial charge is 0.331 e. The zero-order valence-corrected chi connectivity index (χ0v) is 12.3. The van der Waals surface area contributed by atoms with Gasteiger partial charge in [0.15, 0.2) is 12.4 Å². The topological polar surface area (TPSA) is 86.5 Å². The molecule has 2 aromatic carbocycles. The SMILES string of the molecule is O=C(/C=C/c1ccccc1[N+](=O)[O-])OCC(=O)c1ccc(F)cc1. The number of carbonyl (C=O) groups excluding carboxylic acids is 2. The van der Waals surface area contributed by atoms with Crippen LogP contribution in [0.1, 0.15) is 15.9 Å². The predicted molar refractivity (Wildman–Crippen MR) is 83.8 cm³/mol. The van der Waals surface area contributed by atoms with E-state index >= 15 is 0 Å². The van der Waals surface area contributed by atoms with E-state index in [4.69, 9.17) is 4.74 Å². The molecule has 2 rings (SSSR count). The first kappa shape index (κ1) is 17.0. The third kappa shape index (κ3) is 4.57. The van der Waals surface area contributed by atoms with Crippen LogP contribution < -0.4 is 0 Å².